The fourth-order valence-corrected chi connectivity index (χ4v) is 2.01. The molecule has 5 nitrogen and oxygen atoms in total. The van der Waals surface area contributed by atoms with Gasteiger partial charge < -0.3 is 15.8 Å². The fraction of sp³-hybridized carbons (Fsp3) is 0.133. The van der Waals surface area contributed by atoms with Crippen LogP contribution in [0.2, 0.25) is 0 Å². The van der Waals surface area contributed by atoms with Gasteiger partial charge in [0.15, 0.2) is 0 Å². The van der Waals surface area contributed by atoms with Crippen molar-refractivity contribution in [2.75, 3.05) is 18.5 Å². The third-order valence-corrected chi connectivity index (χ3v) is 2.94. The highest BCUT2D eigenvalue weighted by Crippen LogP contribution is 2.20. The molecule has 3 rings (SSSR count). The van der Waals surface area contributed by atoms with Gasteiger partial charge in [-0.15, -0.1) is 0 Å². The molecule has 2 aromatic heterocycles. The molecule has 3 N–H and O–H groups in total. The van der Waals surface area contributed by atoms with Gasteiger partial charge in [-0.3, -0.25) is 4.40 Å². The van der Waals surface area contributed by atoms with Gasteiger partial charge in [-0.05, 0) is 36.4 Å². The molecular formula is C15H16N4O. The summed E-state index contributed by atoms with van der Waals surface area (Å²) in [5.41, 5.74) is 7.31. The van der Waals surface area contributed by atoms with E-state index in [-0.39, 0.29) is 0 Å². The molecule has 5 heteroatoms. The van der Waals surface area contributed by atoms with Gasteiger partial charge in [0.25, 0.3) is 0 Å². The number of pyridine rings is 1. The number of anilines is 2. The Morgan fingerprint density at radius 1 is 1.15 bits per heavy atom. The Balaban J connectivity index is 1.79. The first-order chi connectivity index (χ1) is 9.86. The van der Waals surface area contributed by atoms with E-state index in [0.29, 0.717) is 13.2 Å². The minimum absolute atomic E-state index is 0.516. The van der Waals surface area contributed by atoms with Crippen LogP contribution in [0.4, 0.5) is 11.5 Å². The smallest absolute Gasteiger partial charge is 0.138 e. The number of nitrogens with zero attached hydrogens (tertiary/aromatic N) is 2. The zero-order valence-corrected chi connectivity index (χ0v) is 11.0. The number of hydrogen-bond acceptors (Lipinski definition) is 4. The zero-order valence-electron chi connectivity index (χ0n) is 11.0. The van der Waals surface area contributed by atoms with Crippen LogP contribution in [-0.4, -0.2) is 22.5 Å². The van der Waals surface area contributed by atoms with Crippen molar-refractivity contribution in [1.82, 2.24) is 9.38 Å². The number of fused-ring (bicyclic) bond motifs is 1. The van der Waals surface area contributed by atoms with Crippen LogP contribution in [-0.2, 0) is 0 Å². The van der Waals surface area contributed by atoms with Crippen molar-refractivity contribution < 1.29 is 4.74 Å². The number of aromatic nitrogens is 2. The molecule has 0 saturated heterocycles. The van der Waals surface area contributed by atoms with E-state index >= 15 is 0 Å². The number of ether oxygens (including phenoxy) is 1. The molecule has 20 heavy (non-hydrogen) atoms. The molecule has 0 unspecified atom stereocenters. The van der Waals surface area contributed by atoms with Gasteiger partial charge in [0.1, 0.15) is 23.8 Å². The van der Waals surface area contributed by atoms with E-state index < -0.39 is 0 Å². The van der Waals surface area contributed by atoms with Crippen LogP contribution in [0.3, 0.4) is 0 Å². The summed E-state index contributed by atoms with van der Waals surface area (Å²) >= 11 is 0. The highest BCUT2D eigenvalue weighted by Gasteiger charge is 2.01. The topological polar surface area (TPSA) is 64.6 Å². The maximum absolute atomic E-state index is 5.45. The Morgan fingerprint density at radius 3 is 2.80 bits per heavy atom. The molecule has 0 bridgehead atoms. The molecule has 0 amide bonds. The maximum Gasteiger partial charge on any atom is 0.138 e. The molecule has 0 atom stereocenters. The van der Waals surface area contributed by atoms with E-state index in [1.54, 1.807) is 6.20 Å². The summed E-state index contributed by atoms with van der Waals surface area (Å²) < 4.78 is 7.45. The second kappa shape index (κ2) is 5.63. The van der Waals surface area contributed by atoms with Gasteiger partial charge in [0, 0.05) is 24.6 Å². The van der Waals surface area contributed by atoms with Gasteiger partial charge in [0.05, 0.1) is 0 Å². The lowest BCUT2D eigenvalue weighted by molar-refractivity contribution is 0.328. The fourth-order valence-electron chi connectivity index (χ4n) is 2.01. The predicted octanol–water partition coefficient (Wildman–Crippen LogP) is 2.42. The van der Waals surface area contributed by atoms with Crippen molar-refractivity contribution in [1.29, 1.82) is 0 Å². The minimum atomic E-state index is 0.516. The summed E-state index contributed by atoms with van der Waals surface area (Å²) in [5.74, 6) is 1.79. The molecule has 0 fully saturated rings. The average Bonchev–Trinajstić information content (AvgIpc) is 2.96. The lowest BCUT2D eigenvalue weighted by Gasteiger charge is -2.10. The van der Waals surface area contributed by atoms with Gasteiger partial charge in [-0.1, -0.05) is 6.07 Å². The normalized spacial score (nSPS) is 10.7. The highest BCUT2D eigenvalue weighted by atomic mass is 16.5. The Kier molecular flexibility index (Phi) is 3.52. The van der Waals surface area contributed by atoms with Gasteiger partial charge >= 0.3 is 0 Å². The highest BCUT2D eigenvalue weighted by molar-refractivity contribution is 5.60. The van der Waals surface area contributed by atoms with Crippen molar-refractivity contribution in [2.45, 2.75) is 0 Å². The van der Waals surface area contributed by atoms with Crippen molar-refractivity contribution in [3.63, 3.8) is 0 Å². The zero-order chi connectivity index (χ0) is 13.8. The van der Waals surface area contributed by atoms with Crippen LogP contribution in [0.15, 0.2) is 54.9 Å². The second-order valence-electron chi connectivity index (χ2n) is 4.35. The predicted molar refractivity (Wildman–Crippen MR) is 79.5 cm³/mol. The van der Waals surface area contributed by atoms with E-state index in [0.717, 1.165) is 22.9 Å². The van der Waals surface area contributed by atoms with Crippen molar-refractivity contribution in [3.05, 3.63) is 54.9 Å². The first-order valence-corrected chi connectivity index (χ1v) is 6.49. The molecule has 2 heterocycles. The van der Waals surface area contributed by atoms with Crippen molar-refractivity contribution >= 4 is 17.2 Å². The Morgan fingerprint density at radius 2 is 2.00 bits per heavy atom. The molecule has 0 radical (unpaired) electrons. The lowest BCUT2D eigenvalue weighted by atomic mass is 10.3. The lowest BCUT2D eigenvalue weighted by Crippen LogP contribution is -2.10. The molecule has 0 spiro atoms. The summed E-state index contributed by atoms with van der Waals surface area (Å²) in [6.45, 7) is 1.05. The third-order valence-electron chi connectivity index (χ3n) is 2.94. The van der Waals surface area contributed by atoms with Gasteiger partial charge in [-0.2, -0.15) is 0 Å². The van der Waals surface area contributed by atoms with E-state index in [9.17, 15) is 0 Å². The summed E-state index contributed by atoms with van der Waals surface area (Å²) in [7, 11) is 0. The maximum atomic E-state index is 5.45. The monoisotopic (exact) mass is 268 g/mol. The number of benzene rings is 1. The third kappa shape index (κ3) is 2.57. The second-order valence-corrected chi connectivity index (χ2v) is 4.35. The molecule has 3 aromatic rings. The van der Waals surface area contributed by atoms with Crippen LogP contribution in [0, 0.1) is 0 Å². The van der Waals surface area contributed by atoms with E-state index in [2.05, 4.69) is 10.3 Å². The summed E-state index contributed by atoms with van der Waals surface area (Å²) in [6, 6.07) is 13.7. The molecule has 0 saturated carbocycles. The van der Waals surface area contributed by atoms with Gasteiger partial charge in [-0.25, -0.2) is 4.98 Å². The standard InChI is InChI=1S/C15H16N4O/c16-8-11-20-13-6-4-12(5-7-13)18-15-3-1-2-14-17-9-10-19(14)15/h1-7,9-10,18H,8,11,16H2. The molecule has 1 aromatic carbocycles. The van der Waals surface area contributed by atoms with Crippen LogP contribution in [0.5, 0.6) is 5.75 Å². The Bertz CT molecular complexity index is 690. The number of nitrogens with one attached hydrogen (secondary N) is 1. The number of nitrogens with two attached hydrogens (primary N) is 1. The number of imidazole rings is 1. The van der Waals surface area contributed by atoms with Crippen LogP contribution in [0.1, 0.15) is 0 Å². The molecular weight excluding hydrogens is 252 g/mol. The minimum Gasteiger partial charge on any atom is -0.492 e. The summed E-state index contributed by atoms with van der Waals surface area (Å²) in [6.07, 6.45) is 3.71. The van der Waals surface area contributed by atoms with E-state index in [1.807, 2.05) is 53.1 Å². The van der Waals surface area contributed by atoms with Crippen molar-refractivity contribution in [2.24, 2.45) is 5.73 Å². The van der Waals surface area contributed by atoms with Crippen LogP contribution in [0.25, 0.3) is 5.65 Å². The Labute approximate surface area is 117 Å². The largest absolute Gasteiger partial charge is 0.492 e. The molecule has 102 valence electrons. The first kappa shape index (κ1) is 12.5. The first-order valence-electron chi connectivity index (χ1n) is 6.49. The van der Waals surface area contributed by atoms with Crippen molar-refractivity contribution in [3.8, 4) is 5.75 Å². The summed E-state index contributed by atoms with van der Waals surface area (Å²) in [4.78, 5) is 4.26. The molecule has 0 aliphatic carbocycles. The number of rotatable bonds is 5. The van der Waals surface area contributed by atoms with E-state index in [1.165, 1.54) is 0 Å². The van der Waals surface area contributed by atoms with Crippen LogP contribution < -0.4 is 15.8 Å². The average molecular weight is 268 g/mol. The number of hydrogen-bond donors (Lipinski definition) is 2. The molecule has 0 aliphatic heterocycles. The quantitative estimate of drug-likeness (QED) is 0.746. The molecule has 0 aliphatic rings. The van der Waals surface area contributed by atoms with Gasteiger partial charge in [0.2, 0.25) is 0 Å². The van der Waals surface area contributed by atoms with E-state index in [4.69, 9.17) is 10.5 Å². The SMILES string of the molecule is NCCOc1ccc(Nc2cccc3nccn23)cc1. The summed E-state index contributed by atoms with van der Waals surface area (Å²) in [5, 5.41) is 3.36. The Hall–Kier alpha value is -2.53. The van der Waals surface area contributed by atoms with Crippen LogP contribution >= 0.6 is 0 Å².